The summed E-state index contributed by atoms with van der Waals surface area (Å²) >= 11 is 6.24. The second-order valence-corrected chi connectivity index (χ2v) is 5.72. The maximum Gasteiger partial charge on any atom is 0.178 e. The fourth-order valence-electron chi connectivity index (χ4n) is 2.91. The molecule has 5 nitrogen and oxygen atoms in total. The van der Waals surface area contributed by atoms with Crippen LogP contribution < -0.4 is 9.84 Å². The number of ketones is 2. The van der Waals surface area contributed by atoms with Gasteiger partial charge in [-0.25, -0.2) is 0 Å². The van der Waals surface area contributed by atoms with Crippen LogP contribution >= 0.6 is 11.6 Å². The first kappa shape index (κ1) is 16.5. The molecule has 2 rings (SSSR count). The lowest BCUT2D eigenvalue weighted by molar-refractivity contribution is -0.307. The van der Waals surface area contributed by atoms with Gasteiger partial charge in [0, 0.05) is 16.7 Å². The average molecular weight is 324 g/mol. The summed E-state index contributed by atoms with van der Waals surface area (Å²) in [5.74, 6) is -1.75. The normalized spacial score (nSPS) is 15.8. The molecule has 1 aliphatic rings. The van der Waals surface area contributed by atoms with Crippen molar-refractivity contribution in [2.24, 2.45) is 5.41 Å². The van der Waals surface area contributed by atoms with Crippen molar-refractivity contribution in [2.45, 2.75) is 33.6 Å². The van der Waals surface area contributed by atoms with Crippen LogP contribution in [-0.4, -0.2) is 24.1 Å². The van der Waals surface area contributed by atoms with E-state index in [4.69, 9.17) is 16.3 Å². The second kappa shape index (κ2) is 5.72. The Labute approximate surface area is 133 Å². The number of halogens is 1. The molecule has 0 aromatic heterocycles. The Kier molecular flexibility index (Phi) is 4.29. The lowest BCUT2D eigenvalue weighted by Gasteiger charge is -2.21. The molecule has 0 unspecified atom stereocenters. The number of rotatable bonds is 5. The van der Waals surface area contributed by atoms with Gasteiger partial charge in [-0.1, -0.05) is 25.4 Å². The highest BCUT2D eigenvalue weighted by molar-refractivity contribution is 6.40. The van der Waals surface area contributed by atoms with Gasteiger partial charge in [-0.2, -0.15) is 0 Å². The molecule has 1 aromatic rings. The van der Waals surface area contributed by atoms with E-state index in [1.54, 1.807) is 20.8 Å². The van der Waals surface area contributed by atoms with Gasteiger partial charge in [-0.05, 0) is 25.8 Å². The van der Waals surface area contributed by atoms with Crippen LogP contribution in [0.5, 0.6) is 5.75 Å². The molecule has 22 heavy (non-hydrogen) atoms. The van der Waals surface area contributed by atoms with E-state index in [0.29, 0.717) is 18.4 Å². The minimum atomic E-state index is -1.38. The van der Waals surface area contributed by atoms with Gasteiger partial charge < -0.3 is 14.6 Å². The predicted molar refractivity (Wildman–Crippen MR) is 78.4 cm³/mol. The number of fused-ring (bicyclic) bond motifs is 1. The number of carbonyl (C=O) groups excluding carboxylic acids is 3. The Hall–Kier alpha value is -1.88. The van der Waals surface area contributed by atoms with Crippen LogP contribution in [0.1, 0.15) is 53.0 Å². The summed E-state index contributed by atoms with van der Waals surface area (Å²) in [7, 11) is 0. The SMILES string of the molecule is CCC1(CC)C(=O)c2cc(OCC(=O)[O-])c(C)c(Cl)c2C1=O. The van der Waals surface area contributed by atoms with Crippen LogP contribution in [0.4, 0.5) is 0 Å². The van der Waals surface area contributed by atoms with Gasteiger partial charge in [0.1, 0.15) is 12.4 Å². The van der Waals surface area contributed by atoms with Gasteiger partial charge in [0.2, 0.25) is 0 Å². The summed E-state index contributed by atoms with van der Waals surface area (Å²) in [6, 6.07) is 1.41. The van der Waals surface area contributed by atoms with E-state index in [9.17, 15) is 19.5 Å². The van der Waals surface area contributed by atoms with E-state index in [1.165, 1.54) is 6.07 Å². The molecular weight excluding hydrogens is 308 g/mol. The number of carboxylic acids is 1. The maximum atomic E-state index is 12.7. The van der Waals surface area contributed by atoms with Crippen molar-refractivity contribution >= 4 is 29.1 Å². The van der Waals surface area contributed by atoms with Crippen molar-refractivity contribution in [1.29, 1.82) is 0 Å². The molecule has 0 saturated carbocycles. The van der Waals surface area contributed by atoms with Gasteiger partial charge in [-0.3, -0.25) is 9.59 Å². The standard InChI is InChI=1S/C16H17ClO5/c1-4-16(5-2)14(20)9-6-10(22-7-11(18)19)8(3)13(17)12(9)15(16)21/h6H,4-5,7H2,1-3H3,(H,18,19)/p-1. The Morgan fingerprint density at radius 3 is 2.36 bits per heavy atom. The zero-order chi connectivity index (χ0) is 16.7. The number of carboxylic acid groups (broad SMARTS) is 1. The first-order chi connectivity index (χ1) is 10.3. The number of Topliss-reactive ketones (excluding diaryl/α,β-unsaturated/α-hetero) is 2. The van der Waals surface area contributed by atoms with Crippen LogP contribution in [0.3, 0.4) is 0 Å². The Morgan fingerprint density at radius 2 is 1.86 bits per heavy atom. The van der Waals surface area contributed by atoms with E-state index >= 15 is 0 Å². The average Bonchev–Trinajstić information content (AvgIpc) is 2.69. The van der Waals surface area contributed by atoms with E-state index in [0.717, 1.165) is 0 Å². The van der Waals surface area contributed by atoms with Crippen LogP contribution in [0, 0.1) is 12.3 Å². The molecule has 0 aliphatic heterocycles. The van der Waals surface area contributed by atoms with E-state index in [1.807, 2.05) is 0 Å². The van der Waals surface area contributed by atoms with Crippen molar-refractivity contribution in [2.75, 3.05) is 6.61 Å². The highest BCUT2D eigenvalue weighted by Gasteiger charge is 2.51. The number of hydrogen-bond acceptors (Lipinski definition) is 5. The second-order valence-electron chi connectivity index (χ2n) is 5.34. The summed E-state index contributed by atoms with van der Waals surface area (Å²) in [6.45, 7) is 4.55. The zero-order valence-electron chi connectivity index (χ0n) is 12.6. The molecule has 0 spiro atoms. The third kappa shape index (κ3) is 2.20. The minimum Gasteiger partial charge on any atom is -0.546 e. The molecule has 6 heteroatoms. The number of benzene rings is 1. The van der Waals surface area contributed by atoms with Crippen molar-refractivity contribution in [1.82, 2.24) is 0 Å². The van der Waals surface area contributed by atoms with Gasteiger partial charge in [0.25, 0.3) is 0 Å². The largest absolute Gasteiger partial charge is 0.546 e. The van der Waals surface area contributed by atoms with Crippen LogP contribution in [0.15, 0.2) is 6.07 Å². The first-order valence-electron chi connectivity index (χ1n) is 7.05. The predicted octanol–water partition coefficient (Wildman–Crippen LogP) is 1.96. The Morgan fingerprint density at radius 1 is 1.27 bits per heavy atom. The Balaban J connectivity index is 2.60. The molecule has 0 atom stereocenters. The summed E-state index contributed by atoms with van der Waals surface area (Å²) in [4.78, 5) is 35.9. The summed E-state index contributed by atoms with van der Waals surface area (Å²) in [6.07, 6.45) is 0.779. The fraction of sp³-hybridized carbons (Fsp3) is 0.438. The van der Waals surface area contributed by atoms with Crippen molar-refractivity contribution in [3.63, 3.8) is 0 Å². The van der Waals surface area contributed by atoms with Crippen molar-refractivity contribution in [3.8, 4) is 5.75 Å². The summed E-state index contributed by atoms with van der Waals surface area (Å²) in [5.41, 5.74) is -0.220. The zero-order valence-corrected chi connectivity index (χ0v) is 13.4. The fourth-order valence-corrected chi connectivity index (χ4v) is 3.19. The molecule has 0 heterocycles. The van der Waals surface area contributed by atoms with Crippen molar-refractivity contribution < 1.29 is 24.2 Å². The molecule has 0 fully saturated rings. The van der Waals surface area contributed by atoms with Gasteiger partial charge >= 0.3 is 0 Å². The van der Waals surface area contributed by atoms with E-state index in [2.05, 4.69) is 0 Å². The lowest BCUT2D eigenvalue weighted by atomic mass is 9.78. The molecule has 1 aromatic carbocycles. The monoisotopic (exact) mass is 323 g/mol. The van der Waals surface area contributed by atoms with Crippen LogP contribution in [0.25, 0.3) is 0 Å². The minimum absolute atomic E-state index is 0.146. The van der Waals surface area contributed by atoms with Crippen LogP contribution in [-0.2, 0) is 4.79 Å². The van der Waals surface area contributed by atoms with E-state index in [-0.39, 0.29) is 33.5 Å². The molecule has 118 valence electrons. The summed E-state index contributed by atoms with van der Waals surface area (Å²) in [5, 5.41) is 10.7. The van der Waals surface area contributed by atoms with Crippen LogP contribution in [0.2, 0.25) is 5.02 Å². The third-order valence-electron chi connectivity index (χ3n) is 4.36. The molecule has 0 bridgehead atoms. The topological polar surface area (TPSA) is 83.5 Å². The van der Waals surface area contributed by atoms with Gasteiger partial charge in [-0.15, -0.1) is 0 Å². The molecule has 0 N–H and O–H groups in total. The number of carbonyl (C=O) groups is 3. The van der Waals surface area contributed by atoms with Gasteiger partial charge in [0.05, 0.1) is 16.4 Å². The van der Waals surface area contributed by atoms with E-state index < -0.39 is 18.0 Å². The molecule has 1 aliphatic carbocycles. The quantitative estimate of drug-likeness (QED) is 0.773. The van der Waals surface area contributed by atoms with Gasteiger partial charge in [0.15, 0.2) is 11.6 Å². The highest BCUT2D eigenvalue weighted by Crippen LogP contribution is 2.47. The number of hydrogen-bond donors (Lipinski definition) is 0. The molecule has 0 amide bonds. The smallest absolute Gasteiger partial charge is 0.178 e. The molecular formula is C16H16ClO5-. The first-order valence-corrected chi connectivity index (χ1v) is 7.43. The highest BCUT2D eigenvalue weighted by atomic mass is 35.5. The lowest BCUT2D eigenvalue weighted by Crippen LogP contribution is -2.31. The summed E-state index contributed by atoms with van der Waals surface area (Å²) < 4.78 is 5.11. The van der Waals surface area contributed by atoms with Crippen molar-refractivity contribution in [3.05, 3.63) is 27.8 Å². The third-order valence-corrected chi connectivity index (χ3v) is 4.83. The molecule has 0 saturated heterocycles. The Bertz CT molecular complexity index is 674. The number of aliphatic carboxylic acids is 1. The molecule has 0 radical (unpaired) electrons. The number of ether oxygens (including phenoxy) is 1. The maximum absolute atomic E-state index is 12.7.